The molecule has 3 atom stereocenters. The highest BCUT2D eigenvalue weighted by atomic mass is 35.5. The Bertz CT molecular complexity index is 1280. The molecule has 1 aliphatic heterocycles. The number of thiophene rings is 1. The predicted molar refractivity (Wildman–Crippen MR) is 135 cm³/mol. The number of halogens is 3. The largest absolute Gasteiger partial charge is 0.368 e. The lowest BCUT2D eigenvalue weighted by atomic mass is 9.93. The molecular formula is C24H23ClF2N4O3S2. The van der Waals surface area contributed by atoms with Crippen molar-refractivity contribution in [1.29, 1.82) is 0 Å². The number of carbonyl (C=O) groups is 1. The molecule has 0 spiro atoms. The van der Waals surface area contributed by atoms with Crippen molar-refractivity contribution in [3.05, 3.63) is 73.8 Å². The molecule has 2 aliphatic rings. The summed E-state index contributed by atoms with van der Waals surface area (Å²) in [4.78, 5) is 22.2. The molecular weight excluding hydrogens is 530 g/mol. The van der Waals surface area contributed by atoms with E-state index in [1.165, 1.54) is 18.6 Å². The highest BCUT2D eigenvalue weighted by Gasteiger charge is 2.30. The second-order valence-corrected chi connectivity index (χ2v) is 10.9. The van der Waals surface area contributed by atoms with Crippen molar-refractivity contribution < 1.29 is 22.5 Å². The standard InChI is InChI=1S/C24H23ClF2N4O3S2/c25-23-16(22-15-7-19(27)18(26)6-13(15)3-4-33-22)8-20(35-23)21(32)17-9-29-11-30-24(17)31-14-2-1-12(5-14)10-34-36-28/h6-9,11-12,14,22H,1-5,10,28H2,(H,29,30,31). The molecule has 5 rings (SSSR count). The lowest BCUT2D eigenvalue weighted by molar-refractivity contribution is 0.0696. The number of rotatable bonds is 8. The van der Waals surface area contributed by atoms with Gasteiger partial charge in [0.05, 0.1) is 40.2 Å². The zero-order valence-corrected chi connectivity index (χ0v) is 21.4. The van der Waals surface area contributed by atoms with Crippen LogP contribution in [-0.4, -0.2) is 35.0 Å². The molecule has 2 aromatic heterocycles. The Hall–Kier alpha value is -2.15. The van der Waals surface area contributed by atoms with Crippen molar-refractivity contribution in [2.45, 2.75) is 37.8 Å². The van der Waals surface area contributed by atoms with Gasteiger partial charge in [-0.1, -0.05) is 11.6 Å². The maximum Gasteiger partial charge on any atom is 0.208 e. The summed E-state index contributed by atoms with van der Waals surface area (Å²) < 4.78 is 39.2. The highest BCUT2D eigenvalue weighted by molar-refractivity contribution is 7.92. The number of anilines is 1. The van der Waals surface area contributed by atoms with Crippen molar-refractivity contribution in [2.75, 3.05) is 18.5 Å². The van der Waals surface area contributed by atoms with Crippen LogP contribution in [0.5, 0.6) is 0 Å². The van der Waals surface area contributed by atoms with Crippen molar-refractivity contribution in [3.63, 3.8) is 0 Å². The van der Waals surface area contributed by atoms with E-state index in [4.69, 9.17) is 25.7 Å². The van der Waals surface area contributed by atoms with Crippen LogP contribution in [0, 0.1) is 17.6 Å². The summed E-state index contributed by atoms with van der Waals surface area (Å²) in [7, 11) is 0. The molecule has 3 unspecified atom stereocenters. The lowest BCUT2D eigenvalue weighted by Crippen LogP contribution is -2.20. The molecule has 1 saturated carbocycles. The summed E-state index contributed by atoms with van der Waals surface area (Å²) in [6, 6.07) is 4.14. The van der Waals surface area contributed by atoms with Gasteiger partial charge in [0, 0.05) is 17.8 Å². The predicted octanol–water partition coefficient (Wildman–Crippen LogP) is 5.48. The second kappa shape index (κ2) is 11.1. The number of carbonyl (C=O) groups excluding carboxylic acids is 1. The highest BCUT2D eigenvalue weighted by Crippen LogP contribution is 2.41. The molecule has 0 radical (unpaired) electrons. The van der Waals surface area contributed by atoms with Crippen LogP contribution in [0.3, 0.4) is 0 Å². The molecule has 3 aromatic rings. The molecule has 1 aromatic carbocycles. The van der Waals surface area contributed by atoms with Gasteiger partial charge in [0.15, 0.2) is 11.6 Å². The first-order chi connectivity index (χ1) is 17.4. The SMILES string of the molecule is NSOCC1CCC(Nc2ncncc2C(=O)c2cc(C3OCCc4cc(F)c(F)cc43)c(Cl)s2)C1. The van der Waals surface area contributed by atoms with Gasteiger partial charge in [-0.05, 0) is 60.9 Å². The molecule has 7 nitrogen and oxygen atoms in total. The summed E-state index contributed by atoms with van der Waals surface area (Å²) in [5.41, 5.74) is 2.04. The van der Waals surface area contributed by atoms with Crippen LogP contribution >= 0.6 is 35.2 Å². The van der Waals surface area contributed by atoms with Gasteiger partial charge >= 0.3 is 0 Å². The number of hydrogen-bond donors (Lipinski definition) is 2. The Labute approximate surface area is 220 Å². The molecule has 3 N–H and O–H groups in total. The fourth-order valence-electron chi connectivity index (χ4n) is 4.80. The van der Waals surface area contributed by atoms with E-state index >= 15 is 0 Å². The van der Waals surface area contributed by atoms with Gasteiger partial charge in [-0.25, -0.2) is 18.7 Å². The first-order valence-corrected chi connectivity index (χ1v) is 13.4. The second-order valence-electron chi connectivity index (χ2n) is 8.82. The number of aromatic nitrogens is 2. The Morgan fingerprint density at radius 1 is 1.28 bits per heavy atom. The molecule has 1 aliphatic carbocycles. The van der Waals surface area contributed by atoms with Gasteiger partial charge in [0.2, 0.25) is 5.78 Å². The molecule has 0 amide bonds. The Morgan fingerprint density at radius 2 is 2.11 bits per heavy atom. The lowest BCUT2D eigenvalue weighted by Gasteiger charge is -2.26. The average molecular weight is 553 g/mol. The van der Waals surface area contributed by atoms with E-state index < -0.39 is 17.7 Å². The fraction of sp³-hybridized carbons (Fsp3) is 0.375. The van der Waals surface area contributed by atoms with E-state index in [9.17, 15) is 13.6 Å². The maximum absolute atomic E-state index is 14.0. The van der Waals surface area contributed by atoms with Crippen LogP contribution in [-0.2, 0) is 15.3 Å². The van der Waals surface area contributed by atoms with E-state index in [0.29, 0.717) is 62.8 Å². The van der Waals surface area contributed by atoms with Gasteiger partial charge in [-0.15, -0.1) is 11.3 Å². The number of nitrogens with two attached hydrogens (primary N) is 1. The number of hydrogen-bond acceptors (Lipinski definition) is 9. The van der Waals surface area contributed by atoms with Gasteiger partial charge in [-0.3, -0.25) is 9.93 Å². The summed E-state index contributed by atoms with van der Waals surface area (Å²) >= 11 is 8.51. The number of nitrogens with one attached hydrogen (secondary N) is 1. The van der Waals surface area contributed by atoms with E-state index in [1.54, 1.807) is 6.07 Å². The minimum atomic E-state index is -0.952. The number of fused-ring (bicyclic) bond motifs is 1. The smallest absolute Gasteiger partial charge is 0.208 e. The summed E-state index contributed by atoms with van der Waals surface area (Å²) in [5, 5.41) is 8.73. The van der Waals surface area contributed by atoms with E-state index in [1.807, 2.05) is 0 Å². The Balaban J connectivity index is 1.38. The number of ketones is 1. The third-order valence-corrected chi connectivity index (χ3v) is 8.21. The van der Waals surface area contributed by atoms with Crippen LogP contribution in [0.25, 0.3) is 0 Å². The van der Waals surface area contributed by atoms with Gasteiger partial charge in [0.1, 0.15) is 18.2 Å². The van der Waals surface area contributed by atoms with Crippen LogP contribution in [0.2, 0.25) is 4.34 Å². The van der Waals surface area contributed by atoms with E-state index in [2.05, 4.69) is 15.3 Å². The summed E-state index contributed by atoms with van der Waals surface area (Å²) in [6.07, 6.45) is 5.44. The maximum atomic E-state index is 14.0. The minimum Gasteiger partial charge on any atom is -0.368 e. The first-order valence-electron chi connectivity index (χ1n) is 11.4. The van der Waals surface area contributed by atoms with Crippen molar-refractivity contribution >= 4 is 46.8 Å². The van der Waals surface area contributed by atoms with Crippen LogP contribution in [0.1, 0.15) is 57.3 Å². The molecule has 0 bridgehead atoms. The quantitative estimate of drug-likeness (QED) is 0.215. The van der Waals surface area contributed by atoms with Gasteiger partial charge in [0.25, 0.3) is 0 Å². The molecule has 0 saturated heterocycles. The molecule has 190 valence electrons. The molecule has 12 heteroatoms. The number of nitrogens with zero attached hydrogens (tertiary/aromatic N) is 2. The minimum absolute atomic E-state index is 0.146. The average Bonchev–Trinajstić information content (AvgIpc) is 3.49. The monoisotopic (exact) mass is 552 g/mol. The molecule has 3 heterocycles. The third kappa shape index (κ3) is 5.27. The zero-order chi connectivity index (χ0) is 25.2. The van der Waals surface area contributed by atoms with Gasteiger partial charge < -0.3 is 14.2 Å². The summed E-state index contributed by atoms with van der Waals surface area (Å²) in [5.74, 6) is -1.29. The van der Waals surface area contributed by atoms with Crippen molar-refractivity contribution in [3.8, 4) is 0 Å². The first kappa shape index (κ1) is 25.5. The molecule has 36 heavy (non-hydrogen) atoms. The van der Waals surface area contributed by atoms with E-state index in [-0.39, 0.29) is 11.8 Å². The van der Waals surface area contributed by atoms with Crippen LogP contribution < -0.4 is 10.5 Å². The third-order valence-electron chi connectivity index (χ3n) is 6.55. The zero-order valence-electron chi connectivity index (χ0n) is 19.0. The van der Waals surface area contributed by atoms with Crippen molar-refractivity contribution in [2.24, 2.45) is 11.1 Å². The van der Waals surface area contributed by atoms with Crippen molar-refractivity contribution in [1.82, 2.24) is 9.97 Å². The van der Waals surface area contributed by atoms with Gasteiger partial charge in [-0.2, -0.15) is 0 Å². The Kier molecular flexibility index (Phi) is 7.85. The normalized spacial score (nSPS) is 21.4. The fourth-order valence-corrected chi connectivity index (χ4v) is 6.34. The summed E-state index contributed by atoms with van der Waals surface area (Å²) in [6.45, 7) is 0.907. The number of benzene rings is 1. The molecule has 1 fully saturated rings. The van der Waals surface area contributed by atoms with Crippen LogP contribution in [0.4, 0.5) is 14.6 Å². The van der Waals surface area contributed by atoms with E-state index in [0.717, 1.165) is 48.9 Å². The van der Waals surface area contributed by atoms with Crippen LogP contribution in [0.15, 0.2) is 30.7 Å². The topological polar surface area (TPSA) is 99.4 Å². The number of ether oxygens (including phenoxy) is 1. The Morgan fingerprint density at radius 3 is 2.94 bits per heavy atom.